The highest BCUT2D eigenvalue weighted by atomic mass is 35.5. The molecule has 468 valence electrons. The van der Waals surface area contributed by atoms with E-state index in [0.29, 0.717) is 57.5 Å². The number of carboxylic acid groups (broad SMARTS) is 1. The van der Waals surface area contributed by atoms with Crippen LogP contribution in [0.15, 0.2) is 83.6 Å². The van der Waals surface area contributed by atoms with E-state index in [-0.39, 0.29) is 47.8 Å². The molecule has 0 unspecified atom stereocenters. The number of ether oxygens (including phenoxy) is 3. The number of anilines is 2. The van der Waals surface area contributed by atoms with Crippen molar-refractivity contribution in [1.29, 1.82) is 0 Å². The lowest BCUT2D eigenvalue weighted by molar-refractivity contribution is -0.174. The van der Waals surface area contributed by atoms with Crippen LogP contribution in [0.2, 0.25) is 0 Å². The first-order valence-electron chi connectivity index (χ1n) is 27.4. The maximum absolute atomic E-state index is 13.3. The van der Waals surface area contributed by atoms with Crippen LogP contribution >= 0.6 is 34.3 Å². The van der Waals surface area contributed by atoms with Crippen molar-refractivity contribution in [2.75, 3.05) is 49.7 Å². The standard InChI is InChI=1S/C30H37N5O7S.C24H27N5O5S.C6H11ClO2/c1-18-24(19(2)34-29(33-18)31-13-7-10-20-9-6-11-21(36)15-20)26(38)35-22(16-32-25(37)23-12-8-14-43-23)27(39)41-17-42-28(40)30(3,4)5;1-14-20(22(32)29-18(23(33)34)13-26-21(31)19-9-5-11-35-19)15(2)28-24(27-14)25-10-4-7-16-6-3-8-17(30)12-16;1-6(2,3)5(8)9-4-7/h6,8-9,11-12,14-15,22,36H,7,10,13,16-17H2,1-5H3,(H,32,37)(H,35,38)(H,31,33,34);3,5-6,8-9,11-12,18,30H,4,7,10,13H2,1-2H3,(H,26,31)(H,29,32)(H,33,34)(H,25,27,28);4H2,1-3H3/t22-;18-;/m00./s1. The van der Waals surface area contributed by atoms with Crippen LogP contribution in [0.25, 0.3) is 0 Å². The molecule has 9 N–H and O–H groups in total. The quantitative estimate of drug-likeness (QED) is 0.0114. The van der Waals surface area contributed by atoms with E-state index in [0.717, 1.165) is 36.8 Å². The number of alkyl halides is 1. The Morgan fingerprint density at radius 1 is 0.552 bits per heavy atom. The Morgan fingerprint density at radius 2 is 0.954 bits per heavy atom. The normalized spacial score (nSPS) is 11.6. The molecule has 6 aromatic rings. The number of aliphatic carboxylic acids is 1. The molecule has 0 spiro atoms. The number of aryl methyl sites for hydroxylation is 6. The minimum atomic E-state index is -1.32. The summed E-state index contributed by atoms with van der Waals surface area (Å²) in [6.07, 6.45) is 3.05. The summed E-state index contributed by atoms with van der Waals surface area (Å²) in [5.41, 5.74) is 2.72. The zero-order chi connectivity index (χ0) is 64.4. The minimum Gasteiger partial charge on any atom is -0.508 e. The Hall–Kier alpha value is -8.75. The Balaban J connectivity index is 0.000000331. The number of carbonyl (C=O) groups is 8. The fourth-order valence-electron chi connectivity index (χ4n) is 7.61. The molecule has 0 aliphatic heterocycles. The van der Waals surface area contributed by atoms with Crippen molar-refractivity contribution in [3.8, 4) is 11.5 Å². The van der Waals surface area contributed by atoms with Gasteiger partial charge in [-0.05, 0) is 153 Å². The second-order valence-corrected chi connectivity index (χ2v) is 23.5. The number of nitrogens with one attached hydrogen (secondary N) is 6. The van der Waals surface area contributed by atoms with E-state index in [9.17, 15) is 53.7 Å². The van der Waals surface area contributed by atoms with E-state index in [1.165, 1.54) is 22.7 Å². The van der Waals surface area contributed by atoms with Gasteiger partial charge in [0.25, 0.3) is 23.6 Å². The summed E-state index contributed by atoms with van der Waals surface area (Å²) in [7, 11) is 0. The molecule has 4 amide bonds. The zero-order valence-electron chi connectivity index (χ0n) is 50.1. The summed E-state index contributed by atoms with van der Waals surface area (Å²) in [4.78, 5) is 116. The Kier molecular flexibility index (Phi) is 28.0. The fraction of sp³-hybridized carbons (Fsp3) is 0.400. The Bertz CT molecular complexity index is 3250. The predicted molar refractivity (Wildman–Crippen MR) is 329 cm³/mol. The van der Waals surface area contributed by atoms with E-state index in [2.05, 4.69) is 56.6 Å². The van der Waals surface area contributed by atoms with E-state index in [1.54, 1.807) is 141 Å². The molecule has 0 radical (unpaired) electrons. The second kappa shape index (κ2) is 34.4. The molecular weight excluding hydrogens is 1180 g/mol. The lowest BCUT2D eigenvalue weighted by atomic mass is 9.98. The zero-order valence-corrected chi connectivity index (χ0v) is 52.5. The van der Waals surface area contributed by atoms with Gasteiger partial charge in [0, 0.05) is 26.2 Å². The summed E-state index contributed by atoms with van der Waals surface area (Å²) < 4.78 is 14.6. The van der Waals surface area contributed by atoms with Gasteiger partial charge < -0.3 is 61.4 Å². The van der Waals surface area contributed by atoms with Crippen molar-refractivity contribution in [1.82, 2.24) is 41.2 Å². The molecule has 24 nitrogen and oxygen atoms in total. The van der Waals surface area contributed by atoms with Crippen LogP contribution in [-0.2, 0) is 46.2 Å². The van der Waals surface area contributed by atoms with Gasteiger partial charge in [-0.3, -0.25) is 28.8 Å². The number of amides is 4. The van der Waals surface area contributed by atoms with E-state index in [1.807, 2.05) is 12.1 Å². The average molecular weight is 1260 g/mol. The maximum Gasteiger partial charge on any atom is 0.333 e. The van der Waals surface area contributed by atoms with Crippen molar-refractivity contribution >= 4 is 93.7 Å². The van der Waals surface area contributed by atoms with Crippen LogP contribution in [0.3, 0.4) is 0 Å². The first kappa shape index (κ1) is 70.7. The highest BCUT2D eigenvalue weighted by Gasteiger charge is 2.29. The number of hydrogen-bond acceptors (Lipinski definition) is 21. The van der Waals surface area contributed by atoms with Crippen molar-refractivity contribution in [2.45, 2.75) is 107 Å². The number of halogens is 1. The Morgan fingerprint density at radius 3 is 1.31 bits per heavy atom. The number of thiophene rings is 2. The second-order valence-electron chi connectivity index (χ2n) is 21.4. The first-order chi connectivity index (χ1) is 41.1. The summed E-state index contributed by atoms with van der Waals surface area (Å²) in [6.45, 7) is 16.9. The fourth-order valence-corrected chi connectivity index (χ4v) is 8.99. The van der Waals surface area contributed by atoms with Gasteiger partial charge in [-0.25, -0.2) is 29.5 Å². The molecule has 6 rings (SSSR count). The molecular formula is C60H75ClN10O14S2. The molecule has 4 heterocycles. The van der Waals surface area contributed by atoms with Crippen LogP contribution in [-0.4, -0.2) is 134 Å². The molecule has 2 atom stereocenters. The molecule has 87 heavy (non-hydrogen) atoms. The number of aromatic nitrogens is 4. The van der Waals surface area contributed by atoms with Gasteiger partial charge in [-0.15, -0.1) is 22.7 Å². The highest BCUT2D eigenvalue weighted by Crippen LogP contribution is 2.20. The molecule has 4 aromatic heterocycles. The van der Waals surface area contributed by atoms with Crippen molar-refractivity contribution < 1.29 is 67.9 Å². The van der Waals surface area contributed by atoms with Gasteiger partial charge in [0.1, 0.15) is 23.6 Å². The molecule has 0 saturated heterocycles. The maximum atomic E-state index is 13.3. The van der Waals surface area contributed by atoms with Gasteiger partial charge in [0.15, 0.2) is 6.07 Å². The molecule has 27 heteroatoms. The summed E-state index contributed by atoms with van der Waals surface area (Å²) in [6, 6.07) is 18.2. The number of carboxylic acids is 1. The number of phenolic OH excluding ortho intramolecular Hbond substituents is 2. The van der Waals surface area contributed by atoms with Crippen LogP contribution in [0.5, 0.6) is 11.5 Å². The van der Waals surface area contributed by atoms with E-state index in [4.69, 9.17) is 21.1 Å². The molecule has 0 aliphatic carbocycles. The lowest BCUT2D eigenvalue weighted by Gasteiger charge is -2.20. The third-order valence-electron chi connectivity index (χ3n) is 12.1. The third kappa shape index (κ3) is 24.3. The van der Waals surface area contributed by atoms with E-state index < -0.39 is 71.2 Å². The number of rotatable bonds is 25. The van der Waals surface area contributed by atoms with Gasteiger partial charge in [-0.1, -0.05) is 48.0 Å². The SMILES string of the molecule is CC(C)(C)C(=O)OCCl.Cc1nc(NCCCc2cccc(O)c2)nc(C)c1C(=O)N[C@@H](CNC(=O)c1cccs1)C(=O)O.Cc1nc(NCCCc2cccc(O)c2)nc(C)c1C(=O)N[C@@H](CNC(=O)c1cccs1)C(=O)OCOC(=O)C(C)(C)C. The molecule has 0 fully saturated rings. The summed E-state index contributed by atoms with van der Waals surface area (Å²) in [5.74, 6) is -3.93. The highest BCUT2D eigenvalue weighted by molar-refractivity contribution is 7.12. The minimum absolute atomic E-state index is 0.0594. The lowest BCUT2D eigenvalue weighted by Crippen LogP contribution is -2.49. The molecule has 0 bridgehead atoms. The van der Waals surface area contributed by atoms with Crippen molar-refractivity contribution in [3.63, 3.8) is 0 Å². The predicted octanol–water partition coefficient (Wildman–Crippen LogP) is 7.81. The number of aromatic hydroxyl groups is 2. The first-order valence-corrected chi connectivity index (χ1v) is 29.7. The number of esters is 3. The number of phenols is 2. The average Bonchev–Trinajstić information content (AvgIpc) is 2.86. The van der Waals surface area contributed by atoms with Crippen LogP contribution in [0, 0.1) is 38.5 Å². The van der Waals surface area contributed by atoms with Crippen LogP contribution in [0.1, 0.15) is 128 Å². The van der Waals surface area contributed by atoms with Gasteiger partial charge in [0.2, 0.25) is 18.7 Å². The van der Waals surface area contributed by atoms with Crippen LogP contribution < -0.4 is 31.9 Å². The molecule has 0 saturated carbocycles. The van der Waals surface area contributed by atoms with Gasteiger partial charge in [-0.2, -0.15) is 0 Å². The van der Waals surface area contributed by atoms with Gasteiger partial charge in [0.05, 0.1) is 54.5 Å². The number of hydrogen-bond donors (Lipinski definition) is 9. The molecule has 2 aromatic carbocycles. The van der Waals surface area contributed by atoms with Crippen molar-refractivity contribution in [2.24, 2.45) is 10.8 Å². The van der Waals surface area contributed by atoms with Crippen molar-refractivity contribution in [3.05, 3.63) is 138 Å². The van der Waals surface area contributed by atoms with Gasteiger partial charge >= 0.3 is 23.9 Å². The van der Waals surface area contributed by atoms with E-state index >= 15 is 0 Å². The summed E-state index contributed by atoms with van der Waals surface area (Å²) in [5, 5.41) is 48.6. The molecule has 0 aliphatic rings. The topological polar surface area (TPSA) is 349 Å². The van der Waals surface area contributed by atoms with Crippen LogP contribution in [0.4, 0.5) is 11.9 Å². The largest absolute Gasteiger partial charge is 0.508 e. The third-order valence-corrected chi connectivity index (χ3v) is 13.9. The monoisotopic (exact) mass is 1260 g/mol. The smallest absolute Gasteiger partial charge is 0.333 e. The Labute approximate surface area is 517 Å². The number of benzene rings is 2. The number of carbonyl (C=O) groups excluding carboxylic acids is 7. The number of nitrogens with zero attached hydrogens (tertiary/aromatic N) is 4. The summed E-state index contributed by atoms with van der Waals surface area (Å²) >= 11 is 7.62.